The van der Waals surface area contributed by atoms with Gasteiger partial charge < -0.3 is 9.47 Å². The van der Waals surface area contributed by atoms with Crippen molar-refractivity contribution in [2.24, 2.45) is 5.92 Å². The molecule has 0 saturated carbocycles. The Labute approximate surface area is 124 Å². The van der Waals surface area contributed by atoms with Crippen molar-refractivity contribution in [2.45, 2.75) is 26.3 Å². The van der Waals surface area contributed by atoms with Crippen LogP contribution in [0.1, 0.15) is 19.8 Å². The molecular formula is C17H20N2O2. The van der Waals surface area contributed by atoms with Gasteiger partial charge in [0, 0.05) is 30.7 Å². The van der Waals surface area contributed by atoms with Crippen LogP contribution in [0.25, 0.3) is 10.9 Å². The minimum Gasteiger partial charge on any atom is -0.341 e. The van der Waals surface area contributed by atoms with Crippen molar-refractivity contribution in [1.82, 2.24) is 9.47 Å². The fourth-order valence-corrected chi connectivity index (χ4v) is 2.90. The van der Waals surface area contributed by atoms with Gasteiger partial charge in [0.05, 0.1) is 5.52 Å². The van der Waals surface area contributed by atoms with Gasteiger partial charge in [0.1, 0.15) is 6.54 Å². The summed E-state index contributed by atoms with van der Waals surface area (Å²) in [4.78, 5) is 26.2. The summed E-state index contributed by atoms with van der Waals surface area (Å²) < 4.78 is 1.87. The van der Waals surface area contributed by atoms with Gasteiger partial charge in [-0.1, -0.05) is 19.1 Å². The van der Waals surface area contributed by atoms with Crippen LogP contribution in [0.15, 0.2) is 41.3 Å². The van der Waals surface area contributed by atoms with E-state index in [9.17, 15) is 9.59 Å². The minimum atomic E-state index is 0.00102. The Morgan fingerprint density at radius 1 is 1.19 bits per heavy atom. The van der Waals surface area contributed by atoms with E-state index in [1.54, 1.807) is 12.3 Å². The number of amides is 1. The Morgan fingerprint density at radius 3 is 2.67 bits per heavy atom. The van der Waals surface area contributed by atoms with E-state index in [1.807, 2.05) is 27.7 Å². The first-order valence-electron chi connectivity index (χ1n) is 7.51. The predicted octanol–water partition coefficient (Wildman–Crippen LogP) is 2.26. The summed E-state index contributed by atoms with van der Waals surface area (Å²) in [5, 5.41) is 0.667. The number of carbonyl (C=O) groups is 1. The van der Waals surface area contributed by atoms with Crippen LogP contribution in [0.4, 0.5) is 0 Å². The molecule has 1 aromatic carbocycles. The van der Waals surface area contributed by atoms with Gasteiger partial charge in [0.15, 0.2) is 5.43 Å². The molecule has 2 heterocycles. The highest BCUT2D eigenvalue weighted by Gasteiger charge is 2.20. The average Bonchev–Trinajstić information content (AvgIpc) is 2.51. The Kier molecular flexibility index (Phi) is 3.78. The van der Waals surface area contributed by atoms with Crippen molar-refractivity contribution < 1.29 is 4.79 Å². The number of fused-ring (bicyclic) bond motifs is 1. The summed E-state index contributed by atoms with van der Waals surface area (Å²) in [6.45, 7) is 4.22. The maximum atomic E-state index is 12.4. The number of hydrogen-bond acceptors (Lipinski definition) is 2. The molecule has 4 heteroatoms. The van der Waals surface area contributed by atoms with Crippen LogP contribution in [0, 0.1) is 5.92 Å². The maximum absolute atomic E-state index is 12.4. The summed E-state index contributed by atoms with van der Waals surface area (Å²) in [5.74, 6) is 0.845. The van der Waals surface area contributed by atoms with Crippen LogP contribution >= 0.6 is 0 Å². The second-order valence-electron chi connectivity index (χ2n) is 5.89. The van der Waals surface area contributed by atoms with E-state index in [4.69, 9.17) is 0 Å². The number of pyridine rings is 1. The van der Waals surface area contributed by atoms with E-state index in [0.29, 0.717) is 17.8 Å². The molecule has 1 aliphatic heterocycles. The number of piperidine rings is 1. The van der Waals surface area contributed by atoms with E-state index in [1.165, 1.54) is 6.07 Å². The van der Waals surface area contributed by atoms with Crippen molar-refractivity contribution >= 4 is 16.8 Å². The fraction of sp³-hybridized carbons (Fsp3) is 0.412. The summed E-state index contributed by atoms with van der Waals surface area (Å²) >= 11 is 0. The van der Waals surface area contributed by atoms with Crippen molar-refractivity contribution in [1.29, 1.82) is 0 Å². The van der Waals surface area contributed by atoms with E-state index in [2.05, 4.69) is 6.92 Å². The van der Waals surface area contributed by atoms with Crippen molar-refractivity contribution in [3.8, 4) is 0 Å². The van der Waals surface area contributed by atoms with Crippen LogP contribution in [0.5, 0.6) is 0 Å². The number of carbonyl (C=O) groups excluding carboxylic acids is 1. The number of aromatic nitrogens is 1. The zero-order valence-corrected chi connectivity index (χ0v) is 12.3. The highest BCUT2D eigenvalue weighted by atomic mass is 16.2. The van der Waals surface area contributed by atoms with E-state index in [-0.39, 0.29) is 11.3 Å². The van der Waals surface area contributed by atoms with Crippen LogP contribution in [-0.4, -0.2) is 28.5 Å². The molecule has 0 spiro atoms. The van der Waals surface area contributed by atoms with Gasteiger partial charge in [-0.2, -0.15) is 0 Å². The highest BCUT2D eigenvalue weighted by molar-refractivity contribution is 5.82. The highest BCUT2D eigenvalue weighted by Crippen LogP contribution is 2.17. The molecule has 1 aromatic heterocycles. The van der Waals surface area contributed by atoms with Crippen molar-refractivity contribution in [2.75, 3.05) is 13.1 Å². The van der Waals surface area contributed by atoms with Crippen LogP contribution in [0.2, 0.25) is 0 Å². The third kappa shape index (κ3) is 2.84. The quantitative estimate of drug-likeness (QED) is 0.849. The molecule has 110 valence electrons. The first-order valence-corrected chi connectivity index (χ1v) is 7.51. The van der Waals surface area contributed by atoms with E-state index >= 15 is 0 Å². The standard InChI is InChI=1S/C17H20N2O2/c1-13-6-9-18(10-7-13)17(21)12-19-11-8-16(20)14-4-2-3-5-15(14)19/h2-5,8,11,13H,6-7,9-10,12H2,1H3. The molecular weight excluding hydrogens is 264 g/mol. The Hall–Kier alpha value is -2.10. The molecule has 4 nitrogen and oxygen atoms in total. The number of rotatable bonds is 2. The lowest BCUT2D eigenvalue weighted by Gasteiger charge is -2.30. The molecule has 0 aliphatic carbocycles. The number of likely N-dealkylation sites (tertiary alicyclic amines) is 1. The summed E-state index contributed by atoms with van der Waals surface area (Å²) in [6, 6.07) is 8.98. The smallest absolute Gasteiger partial charge is 0.242 e. The molecule has 21 heavy (non-hydrogen) atoms. The molecule has 1 saturated heterocycles. The molecule has 0 unspecified atom stereocenters. The number of benzene rings is 1. The molecule has 0 radical (unpaired) electrons. The number of hydrogen-bond donors (Lipinski definition) is 0. The Morgan fingerprint density at radius 2 is 1.90 bits per heavy atom. The summed E-state index contributed by atoms with van der Waals surface area (Å²) in [6.07, 6.45) is 3.88. The number of nitrogens with zero attached hydrogens (tertiary/aromatic N) is 2. The van der Waals surface area contributed by atoms with Crippen molar-refractivity contribution in [3.63, 3.8) is 0 Å². The molecule has 3 rings (SSSR count). The van der Waals surface area contributed by atoms with Crippen LogP contribution < -0.4 is 5.43 Å². The second-order valence-corrected chi connectivity index (χ2v) is 5.89. The molecule has 0 bridgehead atoms. The topological polar surface area (TPSA) is 42.3 Å². The van der Waals surface area contributed by atoms with E-state index in [0.717, 1.165) is 31.4 Å². The molecule has 1 fully saturated rings. The van der Waals surface area contributed by atoms with Crippen LogP contribution in [0.3, 0.4) is 0 Å². The monoisotopic (exact) mass is 284 g/mol. The lowest BCUT2D eigenvalue weighted by atomic mass is 9.99. The van der Waals surface area contributed by atoms with Gasteiger partial charge in [-0.05, 0) is 30.9 Å². The zero-order valence-electron chi connectivity index (χ0n) is 12.3. The second kappa shape index (κ2) is 5.72. The van der Waals surface area contributed by atoms with Crippen LogP contribution in [-0.2, 0) is 11.3 Å². The first-order chi connectivity index (χ1) is 10.1. The third-order valence-electron chi connectivity index (χ3n) is 4.33. The van der Waals surface area contributed by atoms with Gasteiger partial charge in [-0.25, -0.2) is 0 Å². The van der Waals surface area contributed by atoms with Crippen molar-refractivity contribution in [3.05, 3.63) is 46.8 Å². The van der Waals surface area contributed by atoms with Gasteiger partial charge >= 0.3 is 0 Å². The Bertz CT molecular complexity index is 712. The van der Waals surface area contributed by atoms with Gasteiger partial charge in [0.2, 0.25) is 5.91 Å². The van der Waals surface area contributed by atoms with Gasteiger partial charge in [-0.15, -0.1) is 0 Å². The average molecular weight is 284 g/mol. The summed E-state index contributed by atoms with van der Waals surface area (Å²) in [7, 11) is 0. The predicted molar refractivity (Wildman–Crippen MR) is 83.2 cm³/mol. The Balaban J connectivity index is 1.83. The third-order valence-corrected chi connectivity index (χ3v) is 4.33. The molecule has 0 N–H and O–H groups in total. The lowest BCUT2D eigenvalue weighted by Crippen LogP contribution is -2.39. The minimum absolute atomic E-state index is 0.00102. The molecule has 1 amide bonds. The largest absolute Gasteiger partial charge is 0.341 e. The molecule has 2 aromatic rings. The SMILES string of the molecule is CC1CCN(C(=O)Cn2ccc(=O)c3ccccc32)CC1. The van der Waals surface area contributed by atoms with Gasteiger partial charge in [-0.3, -0.25) is 9.59 Å². The zero-order chi connectivity index (χ0) is 14.8. The van der Waals surface area contributed by atoms with Gasteiger partial charge in [0.25, 0.3) is 0 Å². The fourth-order valence-electron chi connectivity index (χ4n) is 2.90. The summed E-state index contributed by atoms with van der Waals surface area (Å²) in [5.41, 5.74) is 0.824. The van der Waals surface area contributed by atoms with E-state index < -0.39 is 0 Å². The number of para-hydroxylation sites is 1. The lowest BCUT2D eigenvalue weighted by molar-refractivity contribution is -0.133. The maximum Gasteiger partial charge on any atom is 0.242 e. The first kappa shape index (κ1) is 13.9. The molecule has 0 atom stereocenters. The molecule has 1 aliphatic rings. The normalized spacial score (nSPS) is 16.3.